The number of hydrogen-bond acceptors (Lipinski definition) is 2. The Morgan fingerprint density at radius 1 is 1.67 bits per heavy atom. The largest absolute Gasteiger partial charge is 0.382 e. The maximum Gasteiger partial charge on any atom is 0.127 e. The highest BCUT2D eigenvalue weighted by atomic mass is 19.1. The zero-order valence-electron chi connectivity index (χ0n) is 5.93. The molecule has 0 amide bonds. The van der Waals surface area contributed by atoms with E-state index in [1.807, 2.05) is 0 Å². The van der Waals surface area contributed by atoms with Crippen LogP contribution in [0.4, 0.5) is 4.39 Å². The van der Waals surface area contributed by atoms with E-state index in [0.29, 0.717) is 6.54 Å². The fraction of sp³-hybridized carbons (Fsp3) is 1.00. The first-order chi connectivity index (χ1) is 4.22. The van der Waals surface area contributed by atoms with Crippen molar-refractivity contribution in [1.29, 1.82) is 0 Å². The summed E-state index contributed by atoms with van der Waals surface area (Å²) >= 11 is 0. The Kier molecular flexibility index (Phi) is 4.62. The molecule has 0 heterocycles. The Hall–Kier alpha value is -0.150. The van der Waals surface area contributed by atoms with Crippen LogP contribution in [0.5, 0.6) is 0 Å². The van der Waals surface area contributed by atoms with Gasteiger partial charge in [-0.05, 0) is 6.54 Å². The molecular formula is C6H14FNO. The highest BCUT2D eigenvalue weighted by Gasteiger charge is 2.13. The van der Waals surface area contributed by atoms with Crippen molar-refractivity contribution in [2.75, 3.05) is 20.3 Å². The molecule has 9 heavy (non-hydrogen) atoms. The van der Waals surface area contributed by atoms with E-state index in [0.717, 1.165) is 0 Å². The van der Waals surface area contributed by atoms with Gasteiger partial charge < -0.3 is 10.5 Å². The number of halogens is 1. The lowest BCUT2D eigenvalue weighted by Crippen LogP contribution is -2.25. The molecule has 0 rings (SSSR count). The van der Waals surface area contributed by atoms with Gasteiger partial charge in [-0.15, -0.1) is 0 Å². The van der Waals surface area contributed by atoms with Crippen LogP contribution in [-0.4, -0.2) is 26.4 Å². The second-order valence-corrected chi connectivity index (χ2v) is 2.18. The second-order valence-electron chi connectivity index (χ2n) is 2.18. The number of ether oxygens (including phenoxy) is 1. The summed E-state index contributed by atoms with van der Waals surface area (Å²) in [5.74, 6) is -0.0926. The van der Waals surface area contributed by atoms with Crippen LogP contribution < -0.4 is 5.73 Å². The molecule has 0 spiro atoms. The lowest BCUT2D eigenvalue weighted by atomic mass is 10.1. The molecule has 0 aliphatic rings. The van der Waals surface area contributed by atoms with E-state index in [4.69, 9.17) is 5.73 Å². The van der Waals surface area contributed by atoms with Crippen LogP contribution >= 0.6 is 0 Å². The first-order valence-electron chi connectivity index (χ1n) is 3.05. The van der Waals surface area contributed by atoms with Gasteiger partial charge in [-0.3, -0.25) is 0 Å². The molecule has 0 radical (unpaired) electrons. The third kappa shape index (κ3) is 3.43. The molecule has 0 saturated heterocycles. The summed E-state index contributed by atoms with van der Waals surface area (Å²) in [4.78, 5) is 0. The fourth-order valence-electron chi connectivity index (χ4n) is 0.471. The van der Waals surface area contributed by atoms with Crippen molar-refractivity contribution in [2.45, 2.75) is 13.1 Å². The molecule has 2 nitrogen and oxygen atoms in total. The summed E-state index contributed by atoms with van der Waals surface area (Å²) in [6.45, 7) is 2.30. The zero-order valence-corrected chi connectivity index (χ0v) is 5.93. The maximum atomic E-state index is 12.6. The molecule has 0 aromatic rings. The third-order valence-electron chi connectivity index (χ3n) is 1.32. The van der Waals surface area contributed by atoms with Gasteiger partial charge in [0.1, 0.15) is 6.17 Å². The average Bonchev–Trinajstić information content (AvgIpc) is 1.87. The smallest absolute Gasteiger partial charge is 0.127 e. The molecule has 0 aliphatic heterocycles. The minimum Gasteiger partial charge on any atom is -0.382 e. The fourth-order valence-corrected chi connectivity index (χ4v) is 0.471. The Morgan fingerprint density at radius 2 is 2.22 bits per heavy atom. The Balaban J connectivity index is 3.32. The topological polar surface area (TPSA) is 35.2 Å². The van der Waals surface area contributed by atoms with Gasteiger partial charge in [0.25, 0.3) is 0 Å². The Morgan fingerprint density at radius 3 is 2.56 bits per heavy atom. The van der Waals surface area contributed by atoms with Gasteiger partial charge in [-0.25, -0.2) is 4.39 Å². The van der Waals surface area contributed by atoms with Crippen molar-refractivity contribution in [3.63, 3.8) is 0 Å². The summed E-state index contributed by atoms with van der Waals surface area (Å²) in [6, 6.07) is 0. The van der Waals surface area contributed by atoms with Crippen LogP contribution in [0, 0.1) is 5.92 Å². The van der Waals surface area contributed by atoms with E-state index >= 15 is 0 Å². The standard InChI is InChI=1S/C6H14FNO/c1-5(3-8)6(7)4-9-2/h5-6H,3-4,8H2,1-2H3. The molecule has 0 bridgehead atoms. The van der Waals surface area contributed by atoms with Crippen molar-refractivity contribution >= 4 is 0 Å². The highest BCUT2D eigenvalue weighted by molar-refractivity contribution is 4.63. The predicted molar refractivity (Wildman–Crippen MR) is 35.0 cm³/mol. The molecule has 3 heteroatoms. The summed E-state index contributed by atoms with van der Waals surface area (Å²) < 4.78 is 17.2. The van der Waals surface area contributed by atoms with Crippen molar-refractivity contribution in [3.05, 3.63) is 0 Å². The number of nitrogens with two attached hydrogens (primary N) is 1. The minimum absolute atomic E-state index is 0.0926. The predicted octanol–water partition coefficient (Wildman–Crippen LogP) is 0.566. The minimum atomic E-state index is -0.917. The van der Waals surface area contributed by atoms with Crippen LogP contribution in [0.3, 0.4) is 0 Å². The van der Waals surface area contributed by atoms with Crippen LogP contribution in [-0.2, 0) is 4.74 Å². The van der Waals surface area contributed by atoms with E-state index in [1.165, 1.54) is 7.11 Å². The van der Waals surface area contributed by atoms with Gasteiger partial charge in [-0.1, -0.05) is 6.92 Å². The molecule has 2 atom stereocenters. The molecule has 2 unspecified atom stereocenters. The third-order valence-corrected chi connectivity index (χ3v) is 1.32. The molecular weight excluding hydrogens is 121 g/mol. The van der Waals surface area contributed by atoms with Gasteiger partial charge in [-0.2, -0.15) is 0 Å². The molecule has 2 N–H and O–H groups in total. The molecule has 0 fully saturated rings. The quantitative estimate of drug-likeness (QED) is 0.611. The highest BCUT2D eigenvalue weighted by Crippen LogP contribution is 2.04. The van der Waals surface area contributed by atoms with Gasteiger partial charge in [0.2, 0.25) is 0 Å². The van der Waals surface area contributed by atoms with E-state index in [2.05, 4.69) is 4.74 Å². The molecule has 56 valence electrons. The summed E-state index contributed by atoms with van der Waals surface area (Å²) in [7, 11) is 1.48. The Bertz CT molecular complexity index is 70.1. The number of hydrogen-bond donors (Lipinski definition) is 1. The van der Waals surface area contributed by atoms with E-state index in [1.54, 1.807) is 6.92 Å². The van der Waals surface area contributed by atoms with E-state index in [9.17, 15) is 4.39 Å². The average molecular weight is 135 g/mol. The monoisotopic (exact) mass is 135 g/mol. The van der Waals surface area contributed by atoms with E-state index in [-0.39, 0.29) is 12.5 Å². The normalized spacial score (nSPS) is 17.3. The van der Waals surface area contributed by atoms with Crippen molar-refractivity contribution in [2.24, 2.45) is 11.7 Å². The molecule has 0 aromatic heterocycles. The maximum absolute atomic E-state index is 12.6. The van der Waals surface area contributed by atoms with Crippen LogP contribution in [0.15, 0.2) is 0 Å². The summed E-state index contributed by atoms with van der Waals surface area (Å²) in [5.41, 5.74) is 5.21. The van der Waals surface area contributed by atoms with Crippen molar-refractivity contribution in [3.8, 4) is 0 Å². The van der Waals surface area contributed by atoms with Gasteiger partial charge >= 0.3 is 0 Å². The van der Waals surface area contributed by atoms with Crippen LogP contribution in [0.2, 0.25) is 0 Å². The van der Waals surface area contributed by atoms with Crippen molar-refractivity contribution in [1.82, 2.24) is 0 Å². The first-order valence-corrected chi connectivity index (χ1v) is 3.05. The lowest BCUT2D eigenvalue weighted by molar-refractivity contribution is 0.0950. The van der Waals surface area contributed by atoms with Gasteiger partial charge in [0, 0.05) is 13.0 Å². The first kappa shape index (κ1) is 8.85. The molecule has 0 aliphatic carbocycles. The van der Waals surface area contributed by atoms with Crippen molar-refractivity contribution < 1.29 is 9.13 Å². The second kappa shape index (κ2) is 4.70. The van der Waals surface area contributed by atoms with Gasteiger partial charge in [0.15, 0.2) is 0 Å². The SMILES string of the molecule is COCC(F)C(C)CN. The molecule has 0 aromatic carbocycles. The summed E-state index contributed by atoms with van der Waals surface area (Å²) in [5, 5.41) is 0. The zero-order chi connectivity index (χ0) is 7.28. The number of methoxy groups -OCH3 is 1. The lowest BCUT2D eigenvalue weighted by Gasteiger charge is -2.12. The number of rotatable bonds is 4. The number of alkyl halides is 1. The van der Waals surface area contributed by atoms with Crippen LogP contribution in [0.1, 0.15) is 6.92 Å². The Labute approximate surface area is 55.2 Å². The molecule has 0 saturated carbocycles. The van der Waals surface area contributed by atoms with Gasteiger partial charge in [0.05, 0.1) is 6.61 Å². The van der Waals surface area contributed by atoms with E-state index < -0.39 is 6.17 Å². The summed E-state index contributed by atoms with van der Waals surface area (Å²) in [6.07, 6.45) is -0.917. The van der Waals surface area contributed by atoms with Crippen LogP contribution in [0.25, 0.3) is 0 Å².